The maximum absolute atomic E-state index is 4.22. The van der Waals surface area contributed by atoms with Crippen molar-refractivity contribution in [2.24, 2.45) is 0 Å². The van der Waals surface area contributed by atoms with E-state index in [0.29, 0.717) is 0 Å². The van der Waals surface area contributed by atoms with Gasteiger partial charge >= 0.3 is 130 Å². The van der Waals surface area contributed by atoms with Gasteiger partial charge in [0, 0.05) is 0 Å². The Morgan fingerprint density at radius 3 is 1.95 bits per heavy atom. The van der Waals surface area contributed by atoms with Crippen LogP contribution < -0.4 is 5.30 Å². The number of rotatable bonds is 5. The van der Waals surface area contributed by atoms with Crippen LogP contribution in [0.1, 0.15) is 12.5 Å². The molecule has 0 saturated carbocycles. The van der Waals surface area contributed by atoms with Crippen molar-refractivity contribution in [3.63, 3.8) is 0 Å². The molecule has 0 unspecified atom stereocenters. The van der Waals surface area contributed by atoms with Crippen LogP contribution in [0.25, 0.3) is 0 Å². The molecule has 20 heavy (non-hydrogen) atoms. The Balaban J connectivity index is 2.50. The van der Waals surface area contributed by atoms with Gasteiger partial charge in [-0.2, -0.15) is 0 Å². The Morgan fingerprint density at radius 1 is 0.950 bits per heavy atom. The summed E-state index contributed by atoms with van der Waals surface area (Å²) >= 11 is 4.22. The molecule has 3 heteroatoms. The average Bonchev–Trinajstić information content (AvgIpc) is 2.48. The molecular formula is C17H23BrNP. The molecule has 0 amide bonds. The van der Waals surface area contributed by atoms with Gasteiger partial charge in [0.15, 0.2) is 0 Å². The van der Waals surface area contributed by atoms with E-state index in [-0.39, 0.29) is 0 Å². The molecule has 0 bridgehead atoms. The van der Waals surface area contributed by atoms with Crippen molar-refractivity contribution in [2.45, 2.75) is 13.1 Å². The fourth-order valence-corrected chi connectivity index (χ4v) is 8.38. The van der Waals surface area contributed by atoms with Crippen LogP contribution in [0.2, 0.25) is 0 Å². The first-order valence-electron chi connectivity index (χ1n) is 7.00. The summed E-state index contributed by atoms with van der Waals surface area (Å²) in [6.45, 7) is 5.65. The van der Waals surface area contributed by atoms with Gasteiger partial charge in [-0.25, -0.2) is 0 Å². The Bertz CT molecular complexity index is 554. The van der Waals surface area contributed by atoms with Gasteiger partial charge < -0.3 is 0 Å². The number of halogens is 1. The molecule has 0 radical (unpaired) electrons. The SMILES string of the molecule is CCN(C)P(C)(Br)(Cc1ccccc1)c1ccccc1. The van der Waals surface area contributed by atoms with Crippen molar-refractivity contribution in [1.29, 1.82) is 0 Å². The third-order valence-corrected chi connectivity index (χ3v) is 12.5. The molecular weight excluding hydrogens is 329 g/mol. The zero-order valence-electron chi connectivity index (χ0n) is 12.5. The molecule has 0 heterocycles. The number of nitrogens with zero attached hydrogens (tertiary/aromatic N) is 1. The van der Waals surface area contributed by atoms with E-state index < -0.39 is 5.46 Å². The summed E-state index contributed by atoms with van der Waals surface area (Å²) in [5.74, 6) is 0. The molecule has 1 nitrogen and oxygen atoms in total. The van der Waals surface area contributed by atoms with Crippen LogP contribution in [0, 0.1) is 0 Å². The number of hydrogen-bond acceptors (Lipinski definition) is 1. The standard InChI is InChI=1S/C17H23BrNP/c1-4-19(2)20(3,18,17-13-9-6-10-14-17)15-16-11-7-5-8-12-16/h5-14H,4,15H2,1-3H3. The first-order valence-corrected chi connectivity index (χ1v) is 11.8. The van der Waals surface area contributed by atoms with Crippen LogP contribution in [0.3, 0.4) is 0 Å². The van der Waals surface area contributed by atoms with Crippen molar-refractivity contribution in [2.75, 3.05) is 20.3 Å². The second-order valence-corrected chi connectivity index (χ2v) is 15.9. The fraction of sp³-hybridized carbons (Fsp3) is 0.294. The van der Waals surface area contributed by atoms with Crippen molar-refractivity contribution < 1.29 is 0 Å². The molecule has 0 fully saturated rings. The summed E-state index contributed by atoms with van der Waals surface area (Å²) in [7, 11) is 2.22. The van der Waals surface area contributed by atoms with Crippen LogP contribution in [0.4, 0.5) is 0 Å². The molecule has 0 aliphatic carbocycles. The summed E-state index contributed by atoms with van der Waals surface area (Å²) in [5, 5.41) is 1.41. The van der Waals surface area contributed by atoms with Crippen LogP contribution in [-0.4, -0.2) is 24.9 Å². The zero-order valence-corrected chi connectivity index (χ0v) is 14.9. The topological polar surface area (TPSA) is 3.24 Å². The van der Waals surface area contributed by atoms with E-state index in [1.54, 1.807) is 0 Å². The van der Waals surface area contributed by atoms with Gasteiger partial charge in [-0.15, -0.1) is 0 Å². The van der Waals surface area contributed by atoms with E-state index in [4.69, 9.17) is 0 Å². The quantitative estimate of drug-likeness (QED) is 0.694. The summed E-state index contributed by atoms with van der Waals surface area (Å²) in [6.07, 6.45) is 1.04. The van der Waals surface area contributed by atoms with Gasteiger partial charge in [-0.3, -0.25) is 0 Å². The predicted octanol–water partition coefficient (Wildman–Crippen LogP) is 4.87. The van der Waals surface area contributed by atoms with E-state index >= 15 is 0 Å². The molecule has 0 spiro atoms. The van der Waals surface area contributed by atoms with Crippen molar-refractivity contribution in [1.82, 2.24) is 4.67 Å². The summed E-state index contributed by atoms with van der Waals surface area (Å²) in [6, 6.07) is 21.6. The first kappa shape index (κ1) is 15.7. The summed E-state index contributed by atoms with van der Waals surface area (Å²) in [4.78, 5) is 0. The molecule has 2 aromatic carbocycles. The minimum atomic E-state index is -2.31. The molecule has 0 N–H and O–H groups in total. The van der Waals surface area contributed by atoms with E-state index in [0.717, 1.165) is 12.7 Å². The summed E-state index contributed by atoms with van der Waals surface area (Å²) in [5.41, 5.74) is -0.931. The molecule has 108 valence electrons. The zero-order chi connectivity index (χ0) is 14.7. The van der Waals surface area contributed by atoms with Crippen molar-refractivity contribution in [3.05, 3.63) is 66.2 Å². The molecule has 2 rings (SSSR count). The first-order chi connectivity index (χ1) is 9.46. The molecule has 0 saturated heterocycles. The minimum absolute atomic E-state index is 1.03. The van der Waals surface area contributed by atoms with Crippen LogP contribution in [0.15, 0.2) is 60.7 Å². The van der Waals surface area contributed by atoms with Crippen LogP contribution in [0.5, 0.6) is 0 Å². The Morgan fingerprint density at radius 2 is 1.45 bits per heavy atom. The third-order valence-electron chi connectivity index (χ3n) is 4.14. The second-order valence-electron chi connectivity index (χ2n) is 5.54. The monoisotopic (exact) mass is 351 g/mol. The fourth-order valence-electron chi connectivity index (χ4n) is 2.59. The van der Waals surface area contributed by atoms with Gasteiger partial charge in [0.25, 0.3) is 0 Å². The van der Waals surface area contributed by atoms with E-state index in [1.165, 1.54) is 10.9 Å². The third kappa shape index (κ3) is 2.98. The Labute approximate surface area is 130 Å². The molecule has 2 aromatic rings. The van der Waals surface area contributed by atoms with E-state index in [9.17, 15) is 0 Å². The average molecular weight is 352 g/mol. The van der Waals surface area contributed by atoms with Crippen molar-refractivity contribution >= 4 is 26.3 Å². The number of benzene rings is 2. The van der Waals surface area contributed by atoms with Crippen molar-refractivity contribution in [3.8, 4) is 0 Å². The van der Waals surface area contributed by atoms with Gasteiger partial charge in [-0.1, -0.05) is 0 Å². The predicted molar refractivity (Wildman–Crippen MR) is 96.3 cm³/mol. The van der Waals surface area contributed by atoms with Crippen LogP contribution in [-0.2, 0) is 6.16 Å². The van der Waals surface area contributed by atoms with E-state index in [1.807, 2.05) is 0 Å². The molecule has 0 atom stereocenters. The van der Waals surface area contributed by atoms with Gasteiger partial charge in [-0.05, 0) is 0 Å². The number of hydrogen-bond donors (Lipinski definition) is 0. The molecule has 0 aliphatic rings. The maximum atomic E-state index is 4.22. The molecule has 0 aromatic heterocycles. The summed E-state index contributed by atoms with van der Waals surface area (Å²) < 4.78 is 2.49. The Hall–Kier alpha value is -0.690. The van der Waals surface area contributed by atoms with Crippen LogP contribution >= 0.6 is 20.9 Å². The van der Waals surface area contributed by atoms with Gasteiger partial charge in [0.2, 0.25) is 0 Å². The van der Waals surface area contributed by atoms with Gasteiger partial charge in [0.1, 0.15) is 0 Å². The second kappa shape index (κ2) is 5.97. The van der Waals surface area contributed by atoms with E-state index in [2.05, 4.69) is 101 Å². The van der Waals surface area contributed by atoms with Gasteiger partial charge in [0.05, 0.1) is 0 Å². The molecule has 0 aliphatic heterocycles. The Kier molecular flexibility index (Phi) is 4.69. The normalized spacial score (nSPS) is 13.9.